The van der Waals surface area contributed by atoms with Crippen molar-refractivity contribution in [3.63, 3.8) is 0 Å². The van der Waals surface area contributed by atoms with Crippen molar-refractivity contribution in [3.05, 3.63) is 93.7 Å². The summed E-state index contributed by atoms with van der Waals surface area (Å²) in [5.41, 5.74) is 1.02. The van der Waals surface area contributed by atoms with Crippen molar-refractivity contribution in [2.24, 2.45) is 4.40 Å². The molecule has 0 saturated carbocycles. The summed E-state index contributed by atoms with van der Waals surface area (Å²) in [7, 11) is -2.92. The highest BCUT2D eigenvalue weighted by Crippen LogP contribution is 2.21. The summed E-state index contributed by atoms with van der Waals surface area (Å²) in [4.78, 5) is 13.1. The Labute approximate surface area is 184 Å². The highest BCUT2D eigenvalue weighted by molar-refractivity contribution is 7.90. The van der Waals surface area contributed by atoms with Gasteiger partial charge in [0.2, 0.25) is 4.80 Å². The third-order valence-corrected chi connectivity index (χ3v) is 7.20. The Balaban J connectivity index is 1.81. The van der Waals surface area contributed by atoms with E-state index in [0.29, 0.717) is 11.3 Å². The lowest BCUT2D eigenvalue weighted by Crippen LogP contribution is -2.18. The zero-order chi connectivity index (χ0) is 22.0. The zero-order valence-electron chi connectivity index (χ0n) is 17.0. The molecule has 0 radical (unpaired) electrons. The van der Waals surface area contributed by atoms with E-state index in [-0.39, 0.29) is 10.5 Å². The van der Waals surface area contributed by atoms with E-state index < -0.39 is 16.0 Å². The van der Waals surface area contributed by atoms with Crippen LogP contribution in [0.2, 0.25) is 0 Å². The molecule has 4 aromatic rings. The van der Waals surface area contributed by atoms with Crippen LogP contribution in [0.3, 0.4) is 0 Å². The molecular weight excluding hydrogens is 432 g/mol. The molecule has 6 nitrogen and oxygen atoms in total. The van der Waals surface area contributed by atoms with E-state index in [1.54, 1.807) is 12.1 Å². The van der Waals surface area contributed by atoms with Gasteiger partial charge in [-0.05, 0) is 35.4 Å². The van der Waals surface area contributed by atoms with E-state index in [9.17, 15) is 13.2 Å². The number of benzene rings is 3. The quantitative estimate of drug-likeness (QED) is 0.427. The Morgan fingerprint density at radius 1 is 1.03 bits per heavy atom. The Bertz CT molecular complexity index is 1440. The molecule has 0 aliphatic rings. The van der Waals surface area contributed by atoms with Crippen molar-refractivity contribution in [2.45, 2.75) is 18.4 Å². The van der Waals surface area contributed by atoms with Crippen LogP contribution in [0.1, 0.15) is 20.8 Å². The molecule has 158 valence electrons. The molecule has 0 aliphatic heterocycles. The molecule has 0 unspecified atom stereocenters. The molecule has 1 aromatic heterocycles. The number of carbonyl (C=O) groups is 1. The summed E-state index contributed by atoms with van der Waals surface area (Å²) in [5.74, 6) is -0.722. The number of methoxy groups -OCH3 is 1. The second-order valence-electron chi connectivity index (χ2n) is 6.94. The number of aryl methyl sites for hydroxylation is 1. The number of hydrogen-bond donors (Lipinski definition) is 0. The Morgan fingerprint density at radius 2 is 1.74 bits per heavy atom. The fourth-order valence-electron chi connectivity index (χ4n) is 3.42. The fraction of sp³-hybridized carbons (Fsp3) is 0.130. The molecule has 0 amide bonds. The predicted octanol–water partition coefficient (Wildman–Crippen LogP) is 4.14. The monoisotopic (exact) mass is 452 g/mol. The van der Waals surface area contributed by atoms with Gasteiger partial charge in [-0.3, -0.25) is 0 Å². The predicted molar refractivity (Wildman–Crippen MR) is 121 cm³/mol. The maximum absolute atomic E-state index is 13.1. The summed E-state index contributed by atoms with van der Waals surface area (Å²) in [6.07, 6.45) is 1.88. The second kappa shape index (κ2) is 8.49. The topological polar surface area (TPSA) is 77.7 Å². The molecule has 0 fully saturated rings. The van der Waals surface area contributed by atoms with Crippen LogP contribution in [0.25, 0.3) is 10.8 Å². The maximum atomic E-state index is 13.1. The molecule has 0 aliphatic carbocycles. The summed E-state index contributed by atoms with van der Waals surface area (Å²) in [6, 6.07) is 20.0. The smallest absolute Gasteiger partial charge is 0.339 e. The second-order valence-corrected chi connectivity index (χ2v) is 9.73. The largest absolute Gasteiger partial charge is 0.465 e. The van der Waals surface area contributed by atoms with E-state index in [0.717, 1.165) is 21.2 Å². The lowest BCUT2D eigenvalue weighted by Gasteiger charge is -2.08. The first kappa shape index (κ1) is 21.0. The van der Waals surface area contributed by atoms with E-state index >= 15 is 0 Å². The van der Waals surface area contributed by atoms with E-state index in [2.05, 4.69) is 4.40 Å². The highest BCUT2D eigenvalue weighted by atomic mass is 32.2. The van der Waals surface area contributed by atoms with E-state index in [1.165, 1.54) is 30.6 Å². The SMILES string of the molecule is COC(=O)c1ccccc1S(=O)(=O)/N=c1\sc(C)cn1Cc1cccc2ccccc12. The molecule has 8 heteroatoms. The van der Waals surface area contributed by atoms with E-state index in [4.69, 9.17) is 4.74 Å². The van der Waals surface area contributed by atoms with Gasteiger partial charge in [0.05, 0.1) is 19.2 Å². The molecular formula is C23H20N2O4S2. The minimum Gasteiger partial charge on any atom is -0.465 e. The minimum absolute atomic E-state index is 0.0392. The number of rotatable bonds is 5. The van der Waals surface area contributed by atoms with Gasteiger partial charge in [-0.1, -0.05) is 54.6 Å². The van der Waals surface area contributed by atoms with Gasteiger partial charge in [-0.25, -0.2) is 4.79 Å². The third-order valence-electron chi connectivity index (χ3n) is 4.82. The number of esters is 1. The zero-order valence-corrected chi connectivity index (χ0v) is 18.6. The van der Waals surface area contributed by atoms with Crippen molar-refractivity contribution < 1.29 is 17.9 Å². The minimum atomic E-state index is -4.13. The lowest BCUT2D eigenvalue weighted by molar-refractivity contribution is 0.0596. The molecule has 1 heterocycles. The van der Waals surface area contributed by atoms with Gasteiger partial charge in [0.1, 0.15) is 4.90 Å². The molecule has 0 saturated heterocycles. The van der Waals surface area contributed by atoms with Crippen LogP contribution in [0, 0.1) is 6.92 Å². The molecule has 0 N–H and O–H groups in total. The fourth-order valence-corrected chi connectivity index (χ4v) is 5.66. The highest BCUT2D eigenvalue weighted by Gasteiger charge is 2.22. The lowest BCUT2D eigenvalue weighted by atomic mass is 10.0. The molecule has 0 atom stereocenters. The molecule has 31 heavy (non-hydrogen) atoms. The van der Waals surface area contributed by atoms with Crippen LogP contribution >= 0.6 is 11.3 Å². The van der Waals surface area contributed by atoms with Gasteiger partial charge in [-0.15, -0.1) is 15.7 Å². The van der Waals surface area contributed by atoms with Gasteiger partial charge < -0.3 is 9.30 Å². The number of sulfonamides is 1. The van der Waals surface area contributed by atoms with Crippen LogP contribution in [0.5, 0.6) is 0 Å². The summed E-state index contributed by atoms with van der Waals surface area (Å²) in [6.45, 7) is 2.37. The average molecular weight is 453 g/mol. The average Bonchev–Trinajstić information content (AvgIpc) is 3.11. The van der Waals surface area contributed by atoms with Crippen LogP contribution in [-0.2, 0) is 21.3 Å². The van der Waals surface area contributed by atoms with Crippen LogP contribution in [0.4, 0.5) is 0 Å². The van der Waals surface area contributed by atoms with Crippen molar-refractivity contribution in [1.82, 2.24) is 4.57 Å². The molecule has 3 aromatic carbocycles. The molecule has 4 rings (SSSR count). The van der Waals surface area contributed by atoms with Crippen LogP contribution < -0.4 is 4.80 Å². The van der Waals surface area contributed by atoms with Gasteiger partial charge in [0.15, 0.2) is 0 Å². The summed E-state index contributed by atoms with van der Waals surface area (Å²) < 4.78 is 36.8. The first-order valence-electron chi connectivity index (χ1n) is 9.51. The third kappa shape index (κ3) is 4.30. The summed E-state index contributed by atoms with van der Waals surface area (Å²) in [5, 5.41) is 2.22. The summed E-state index contributed by atoms with van der Waals surface area (Å²) >= 11 is 1.28. The molecule has 0 bridgehead atoms. The molecule has 0 spiro atoms. The Kier molecular flexibility index (Phi) is 5.75. The number of thiazole rings is 1. The first-order valence-corrected chi connectivity index (χ1v) is 11.8. The van der Waals surface area contributed by atoms with Gasteiger partial charge in [-0.2, -0.15) is 8.42 Å². The number of nitrogens with zero attached hydrogens (tertiary/aromatic N) is 2. The van der Waals surface area contributed by atoms with Crippen LogP contribution in [0.15, 0.2) is 82.2 Å². The standard InChI is InChI=1S/C23H20N2O4S2/c1-16-14-25(15-18-10-7-9-17-8-3-4-11-19(17)18)23(30-16)24-31(27,28)21-13-6-5-12-20(21)22(26)29-2/h3-14H,15H2,1-2H3/b24-23-. The first-order chi connectivity index (χ1) is 14.9. The number of hydrogen-bond acceptors (Lipinski definition) is 5. The van der Waals surface area contributed by atoms with Crippen LogP contribution in [-0.4, -0.2) is 26.1 Å². The van der Waals surface area contributed by atoms with Crippen molar-refractivity contribution in [3.8, 4) is 0 Å². The number of aromatic nitrogens is 1. The van der Waals surface area contributed by atoms with Gasteiger partial charge in [0.25, 0.3) is 10.0 Å². The van der Waals surface area contributed by atoms with E-state index in [1.807, 2.05) is 60.2 Å². The van der Waals surface area contributed by atoms with Crippen molar-refractivity contribution >= 4 is 38.1 Å². The van der Waals surface area contributed by atoms with Gasteiger partial charge in [0, 0.05) is 11.1 Å². The van der Waals surface area contributed by atoms with Crippen molar-refractivity contribution in [2.75, 3.05) is 7.11 Å². The van der Waals surface area contributed by atoms with Crippen molar-refractivity contribution in [1.29, 1.82) is 0 Å². The normalized spacial score (nSPS) is 12.3. The maximum Gasteiger partial charge on any atom is 0.339 e. The number of carbonyl (C=O) groups excluding carboxylic acids is 1. The Hall–Kier alpha value is -3.23. The van der Waals surface area contributed by atoms with Gasteiger partial charge >= 0.3 is 5.97 Å². The number of ether oxygens (including phenoxy) is 1. The Morgan fingerprint density at radius 3 is 2.55 bits per heavy atom. The number of fused-ring (bicyclic) bond motifs is 1.